The molecular formula is C20H20O. The molecule has 2 aromatic carbocycles. The first-order chi connectivity index (χ1) is 10.3. The van der Waals surface area contributed by atoms with Gasteiger partial charge in [0.15, 0.2) is 0 Å². The lowest BCUT2D eigenvalue weighted by molar-refractivity contribution is -0.120. The summed E-state index contributed by atoms with van der Waals surface area (Å²) in [7, 11) is 0. The molecule has 4 rings (SSSR count). The van der Waals surface area contributed by atoms with Crippen LogP contribution in [0.4, 0.5) is 0 Å². The minimum Gasteiger partial charge on any atom is -0.299 e. The van der Waals surface area contributed by atoms with Crippen molar-refractivity contribution in [1.82, 2.24) is 0 Å². The number of benzene rings is 2. The molecule has 0 saturated heterocycles. The second-order valence-electron chi connectivity index (χ2n) is 6.40. The van der Waals surface area contributed by atoms with E-state index in [1.165, 1.54) is 23.1 Å². The fourth-order valence-corrected chi connectivity index (χ4v) is 4.08. The molecule has 1 heteroatoms. The number of ketones is 1. The van der Waals surface area contributed by atoms with E-state index in [4.69, 9.17) is 0 Å². The van der Waals surface area contributed by atoms with Gasteiger partial charge >= 0.3 is 0 Å². The van der Waals surface area contributed by atoms with Gasteiger partial charge in [0.1, 0.15) is 5.78 Å². The Morgan fingerprint density at radius 2 is 1.76 bits per heavy atom. The van der Waals surface area contributed by atoms with Gasteiger partial charge in [-0.05, 0) is 47.8 Å². The van der Waals surface area contributed by atoms with Crippen molar-refractivity contribution in [2.75, 3.05) is 0 Å². The summed E-state index contributed by atoms with van der Waals surface area (Å²) < 4.78 is 0. The number of Topliss-reactive ketones (excluding diaryl/α,β-unsaturated/α-hetero) is 1. The Hall–Kier alpha value is -1.89. The molecule has 1 nitrogen and oxygen atoms in total. The van der Waals surface area contributed by atoms with Crippen molar-refractivity contribution >= 4 is 5.78 Å². The summed E-state index contributed by atoms with van der Waals surface area (Å²) in [6.07, 6.45) is 3.93. The van der Waals surface area contributed by atoms with Crippen LogP contribution in [0.3, 0.4) is 0 Å². The minimum absolute atomic E-state index is 0.303. The van der Waals surface area contributed by atoms with E-state index in [0.717, 1.165) is 12.8 Å². The molecule has 0 spiro atoms. The third-order valence-electron chi connectivity index (χ3n) is 5.20. The molecule has 0 amide bonds. The molecule has 2 aliphatic carbocycles. The zero-order chi connectivity index (χ0) is 14.2. The first-order valence-corrected chi connectivity index (χ1v) is 7.99. The Morgan fingerprint density at radius 3 is 2.62 bits per heavy atom. The van der Waals surface area contributed by atoms with Crippen molar-refractivity contribution in [2.45, 2.75) is 31.6 Å². The molecule has 2 aliphatic rings. The molecule has 0 bridgehead atoms. The lowest BCUT2D eigenvalue weighted by Crippen LogP contribution is -2.04. The third-order valence-corrected chi connectivity index (χ3v) is 5.20. The normalized spacial score (nSPS) is 25.8. The Kier molecular flexibility index (Phi) is 3.14. The number of hydrogen-bond donors (Lipinski definition) is 0. The zero-order valence-corrected chi connectivity index (χ0v) is 12.2. The van der Waals surface area contributed by atoms with Gasteiger partial charge in [-0.1, -0.05) is 54.6 Å². The summed E-state index contributed by atoms with van der Waals surface area (Å²) in [4.78, 5) is 12.6. The molecular weight excluding hydrogens is 256 g/mol. The number of fused-ring (bicyclic) bond motifs is 3. The van der Waals surface area contributed by atoms with Gasteiger partial charge in [-0.2, -0.15) is 0 Å². The van der Waals surface area contributed by atoms with Crippen molar-refractivity contribution in [3.05, 3.63) is 71.3 Å². The van der Waals surface area contributed by atoms with Crippen molar-refractivity contribution in [3.8, 4) is 0 Å². The second-order valence-corrected chi connectivity index (χ2v) is 6.40. The van der Waals surface area contributed by atoms with E-state index in [-0.39, 0.29) is 0 Å². The standard InChI is InChI=1S/C20H20O/c21-18(13-10-14-6-2-1-3-7-14)20-17-12-11-15-8-4-5-9-16(15)19(17)20/h1-9,17,19-20H,10-13H2. The Balaban J connectivity index is 1.44. The summed E-state index contributed by atoms with van der Waals surface area (Å²) in [5.41, 5.74) is 4.19. The predicted octanol–water partition coefficient (Wildman–Crippen LogP) is 4.16. The van der Waals surface area contributed by atoms with Crippen molar-refractivity contribution in [1.29, 1.82) is 0 Å². The molecule has 0 aromatic heterocycles. The highest BCUT2D eigenvalue weighted by Crippen LogP contribution is 2.60. The first kappa shape index (κ1) is 12.8. The van der Waals surface area contributed by atoms with E-state index in [1.54, 1.807) is 0 Å². The van der Waals surface area contributed by atoms with Crippen LogP contribution in [0.5, 0.6) is 0 Å². The fourth-order valence-electron chi connectivity index (χ4n) is 4.08. The lowest BCUT2D eigenvalue weighted by Gasteiger charge is -2.13. The number of carbonyl (C=O) groups is 1. The average Bonchev–Trinajstić information content (AvgIpc) is 3.29. The van der Waals surface area contributed by atoms with Crippen LogP contribution >= 0.6 is 0 Å². The van der Waals surface area contributed by atoms with Gasteiger partial charge in [0, 0.05) is 12.3 Å². The molecule has 3 atom stereocenters. The van der Waals surface area contributed by atoms with Crippen LogP contribution in [0.25, 0.3) is 0 Å². The van der Waals surface area contributed by atoms with Crippen molar-refractivity contribution in [2.24, 2.45) is 11.8 Å². The maximum Gasteiger partial charge on any atom is 0.137 e. The van der Waals surface area contributed by atoms with E-state index in [0.29, 0.717) is 30.0 Å². The van der Waals surface area contributed by atoms with Crippen LogP contribution in [0.2, 0.25) is 0 Å². The van der Waals surface area contributed by atoms with E-state index in [2.05, 4.69) is 36.4 Å². The summed E-state index contributed by atoms with van der Waals surface area (Å²) in [5, 5.41) is 0. The highest BCUT2D eigenvalue weighted by atomic mass is 16.1. The van der Waals surface area contributed by atoms with E-state index >= 15 is 0 Å². The zero-order valence-electron chi connectivity index (χ0n) is 12.2. The quantitative estimate of drug-likeness (QED) is 0.819. The fraction of sp³-hybridized carbons (Fsp3) is 0.350. The van der Waals surface area contributed by atoms with Crippen LogP contribution in [-0.4, -0.2) is 5.78 Å². The average molecular weight is 276 g/mol. The Bertz CT molecular complexity index is 659. The van der Waals surface area contributed by atoms with Gasteiger partial charge < -0.3 is 0 Å². The molecule has 0 aliphatic heterocycles. The second kappa shape index (κ2) is 5.14. The topological polar surface area (TPSA) is 17.1 Å². The van der Waals surface area contributed by atoms with Gasteiger partial charge in [-0.3, -0.25) is 4.79 Å². The van der Waals surface area contributed by atoms with Gasteiger partial charge in [-0.25, -0.2) is 0 Å². The van der Waals surface area contributed by atoms with Gasteiger partial charge in [-0.15, -0.1) is 0 Å². The Labute approximate surface area is 126 Å². The predicted molar refractivity (Wildman–Crippen MR) is 84.3 cm³/mol. The van der Waals surface area contributed by atoms with E-state index in [1.807, 2.05) is 18.2 Å². The van der Waals surface area contributed by atoms with Gasteiger partial charge in [0.2, 0.25) is 0 Å². The number of hydrogen-bond acceptors (Lipinski definition) is 1. The Morgan fingerprint density at radius 1 is 1.00 bits per heavy atom. The monoisotopic (exact) mass is 276 g/mol. The largest absolute Gasteiger partial charge is 0.299 e. The molecule has 2 aromatic rings. The smallest absolute Gasteiger partial charge is 0.137 e. The van der Waals surface area contributed by atoms with Crippen molar-refractivity contribution < 1.29 is 4.79 Å². The highest BCUT2D eigenvalue weighted by Gasteiger charge is 2.56. The van der Waals surface area contributed by atoms with E-state index < -0.39 is 0 Å². The summed E-state index contributed by atoms with van der Waals surface area (Å²) in [6.45, 7) is 0. The van der Waals surface area contributed by atoms with Gasteiger partial charge in [0.05, 0.1) is 0 Å². The third kappa shape index (κ3) is 2.31. The summed E-state index contributed by atoms with van der Waals surface area (Å²) >= 11 is 0. The molecule has 0 heterocycles. The summed E-state index contributed by atoms with van der Waals surface area (Å²) in [5.74, 6) is 1.93. The number of rotatable bonds is 4. The highest BCUT2D eigenvalue weighted by molar-refractivity contribution is 5.86. The molecule has 1 fully saturated rings. The number of aryl methyl sites for hydroxylation is 2. The minimum atomic E-state index is 0.303. The molecule has 21 heavy (non-hydrogen) atoms. The van der Waals surface area contributed by atoms with Crippen LogP contribution < -0.4 is 0 Å². The van der Waals surface area contributed by atoms with Crippen molar-refractivity contribution in [3.63, 3.8) is 0 Å². The summed E-state index contributed by atoms with van der Waals surface area (Å²) in [6, 6.07) is 19.0. The SMILES string of the molecule is O=C(CCc1ccccc1)C1C2CCc3ccccc3C21. The van der Waals surface area contributed by atoms with Crippen LogP contribution in [0, 0.1) is 11.8 Å². The van der Waals surface area contributed by atoms with Gasteiger partial charge in [0.25, 0.3) is 0 Å². The molecule has 3 unspecified atom stereocenters. The maximum absolute atomic E-state index is 12.6. The van der Waals surface area contributed by atoms with Crippen LogP contribution in [0.1, 0.15) is 35.4 Å². The molecule has 1 saturated carbocycles. The van der Waals surface area contributed by atoms with Crippen LogP contribution in [-0.2, 0) is 17.6 Å². The van der Waals surface area contributed by atoms with Crippen LogP contribution in [0.15, 0.2) is 54.6 Å². The molecule has 106 valence electrons. The molecule has 0 radical (unpaired) electrons. The first-order valence-electron chi connectivity index (χ1n) is 7.99. The number of carbonyl (C=O) groups excluding carboxylic acids is 1. The maximum atomic E-state index is 12.6. The van der Waals surface area contributed by atoms with E-state index in [9.17, 15) is 4.79 Å². The molecule has 0 N–H and O–H groups in total. The lowest BCUT2D eigenvalue weighted by atomic mass is 9.92.